The first-order valence-electron chi connectivity index (χ1n) is 11.0. The van der Waals surface area contributed by atoms with Gasteiger partial charge in [-0.25, -0.2) is 13.4 Å². The Labute approximate surface area is 198 Å². The van der Waals surface area contributed by atoms with Crippen molar-refractivity contribution < 1.29 is 17.6 Å². The monoisotopic (exact) mass is 487 g/mol. The third-order valence-electron chi connectivity index (χ3n) is 5.59. The third kappa shape index (κ3) is 6.01. The van der Waals surface area contributed by atoms with Crippen LogP contribution < -0.4 is 5.32 Å². The lowest BCUT2D eigenvalue weighted by molar-refractivity contribution is -0.121. The van der Waals surface area contributed by atoms with Gasteiger partial charge in [0, 0.05) is 43.1 Å². The van der Waals surface area contributed by atoms with E-state index in [2.05, 4.69) is 10.3 Å². The molecule has 0 unspecified atom stereocenters. The van der Waals surface area contributed by atoms with Gasteiger partial charge in [0.1, 0.15) is 0 Å². The summed E-state index contributed by atoms with van der Waals surface area (Å²) < 4.78 is 33.0. The number of nitrogens with one attached hydrogen (secondary N) is 1. The Balaban J connectivity index is 1.30. The summed E-state index contributed by atoms with van der Waals surface area (Å²) in [7, 11) is -3.50. The molecule has 9 heteroatoms. The maximum atomic E-state index is 12.9. The second-order valence-electron chi connectivity index (χ2n) is 8.01. The lowest BCUT2D eigenvalue weighted by Gasteiger charge is -2.26. The van der Waals surface area contributed by atoms with Gasteiger partial charge in [0.15, 0.2) is 11.7 Å². The van der Waals surface area contributed by atoms with Crippen LogP contribution in [0.15, 0.2) is 64.0 Å². The smallest absolute Gasteiger partial charge is 0.243 e. The first-order valence-corrected chi connectivity index (χ1v) is 12.8. The molecule has 33 heavy (non-hydrogen) atoms. The Kier molecular flexibility index (Phi) is 7.47. The van der Waals surface area contributed by atoms with Crippen LogP contribution >= 0.6 is 11.6 Å². The molecule has 4 rings (SSSR count). The number of aryl methyl sites for hydroxylation is 1. The number of rotatable bonds is 8. The number of aromatic nitrogens is 1. The predicted molar refractivity (Wildman–Crippen MR) is 126 cm³/mol. The number of hydrogen-bond acceptors (Lipinski definition) is 5. The van der Waals surface area contributed by atoms with Gasteiger partial charge in [-0.3, -0.25) is 4.79 Å². The standard InChI is InChI=1S/C24H26ClN3O4S/c25-20-9-7-19(8-10-20)22-17-27-24(32-22)12-11-23(29)26-16-18-5-4-6-21(15-18)33(30,31)28-13-2-1-3-14-28/h4-10,15,17H,1-3,11-14,16H2,(H,26,29). The van der Waals surface area contributed by atoms with Crippen LogP contribution in [0.3, 0.4) is 0 Å². The van der Waals surface area contributed by atoms with Crippen molar-refractivity contribution in [3.8, 4) is 11.3 Å². The fourth-order valence-corrected chi connectivity index (χ4v) is 5.47. The van der Waals surface area contributed by atoms with Crippen LogP contribution in [-0.4, -0.2) is 36.7 Å². The zero-order valence-electron chi connectivity index (χ0n) is 18.2. The molecule has 1 N–H and O–H groups in total. The van der Waals surface area contributed by atoms with Crippen LogP contribution in [0, 0.1) is 0 Å². The highest BCUT2D eigenvalue weighted by atomic mass is 35.5. The molecule has 0 spiro atoms. The van der Waals surface area contributed by atoms with Crippen molar-refractivity contribution in [3.63, 3.8) is 0 Å². The van der Waals surface area contributed by atoms with Gasteiger partial charge in [-0.15, -0.1) is 0 Å². The van der Waals surface area contributed by atoms with Gasteiger partial charge in [-0.05, 0) is 54.8 Å². The van der Waals surface area contributed by atoms with Crippen molar-refractivity contribution in [3.05, 3.63) is 71.2 Å². The average molecular weight is 488 g/mol. The summed E-state index contributed by atoms with van der Waals surface area (Å²) in [6, 6.07) is 14.0. The van der Waals surface area contributed by atoms with Crippen molar-refractivity contribution in [1.29, 1.82) is 0 Å². The predicted octanol–water partition coefficient (Wildman–Crippen LogP) is 4.42. The van der Waals surface area contributed by atoms with Crippen LogP contribution in [0.25, 0.3) is 11.3 Å². The van der Waals surface area contributed by atoms with Gasteiger partial charge >= 0.3 is 0 Å². The Hall–Kier alpha value is -2.68. The summed E-state index contributed by atoms with van der Waals surface area (Å²) in [5, 5.41) is 3.48. The van der Waals surface area contributed by atoms with E-state index in [1.54, 1.807) is 40.8 Å². The summed E-state index contributed by atoms with van der Waals surface area (Å²) in [6.45, 7) is 1.37. The van der Waals surface area contributed by atoms with E-state index in [9.17, 15) is 13.2 Å². The molecule has 7 nitrogen and oxygen atoms in total. The van der Waals surface area contributed by atoms with Crippen LogP contribution in [0.2, 0.25) is 5.02 Å². The number of oxazole rings is 1. The Morgan fingerprint density at radius 1 is 1.09 bits per heavy atom. The van der Waals surface area contributed by atoms with E-state index in [1.807, 2.05) is 18.2 Å². The largest absolute Gasteiger partial charge is 0.441 e. The molecule has 1 fully saturated rings. The second kappa shape index (κ2) is 10.5. The molecule has 0 radical (unpaired) electrons. The molecule has 1 aliphatic heterocycles. The number of benzene rings is 2. The van der Waals surface area contributed by atoms with Crippen molar-refractivity contribution in [2.75, 3.05) is 13.1 Å². The third-order valence-corrected chi connectivity index (χ3v) is 7.74. The normalized spacial score (nSPS) is 14.8. The SMILES string of the molecule is O=C(CCc1ncc(-c2ccc(Cl)cc2)o1)NCc1cccc(S(=O)(=O)N2CCCCC2)c1. The second-order valence-corrected chi connectivity index (χ2v) is 10.4. The van der Waals surface area contributed by atoms with Crippen molar-refractivity contribution in [1.82, 2.24) is 14.6 Å². The highest BCUT2D eigenvalue weighted by molar-refractivity contribution is 7.89. The minimum absolute atomic E-state index is 0.162. The number of hydrogen-bond donors (Lipinski definition) is 1. The van der Waals surface area contributed by atoms with Gasteiger partial charge in [0.25, 0.3) is 0 Å². The maximum Gasteiger partial charge on any atom is 0.243 e. The van der Waals surface area contributed by atoms with E-state index in [1.165, 1.54) is 0 Å². The Morgan fingerprint density at radius 2 is 1.85 bits per heavy atom. The van der Waals surface area contributed by atoms with Gasteiger partial charge in [-0.1, -0.05) is 30.2 Å². The molecule has 0 saturated carbocycles. The fraction of sp³-hybridized carbons (Fsp3) is 0.333. The molecule has 1 amide bonds. The highest BCUT2D eigenvalue weighted by Gasteiger charge is 2.25. The molecule has 2 aromatic carbocycles. The minimum atomic E-state index is -3.50. The Morgan fingerprint density at radius 3 is 2.61 bits per heavy atom. The molecule has 1 saturated heterocycles. The molecule has 2 heterocycles. The zero-order valence-corrected chi connectivity index (χ0v) is 19.7. The molecule has 3 aromatic rings. The molecule has 1 aliphatic rings. The number of piperidine rings is 1. The number of nitrogens with zero attached hydrogens (tertiary/aromatic N) is 2. The van der Waals surface area contributed by atoms with Gasteiger partial charge in [0.2, 0.25) is 15.9 Å². The minimum Gasteiger partial charge on any atom is -0.441 e. The summed E-state index contributed by atoms with van der Waals surface area (Å²) >= 11 is 5.91. The lowest BCUT2D eigenvalue weighted by atomic mass is 10.2. The van der Waals surface area contributed by atoms with Gasteiger partial charge < -0.3 is 9.73 Å². The van der Waals surface area contributed by atoms with E-state index >= 15 is 0 Å². The number of carbonyl (C=O) groups is 1. The van der Waals surface area contributed by atoms with Crippen LogP contribution in [0.5, 0.6) is 0 Å². The first-order chi connectivity index (χ1) is 15.9. The molecular formula is C24H26ClN3O4S. The van der Waals surface area contributed by atoms with Crippen molar-refractivity contribution in [2.24, 2.45) is 0 Å². The highest BCUT2D eigenvalue weighted by Crippen LogP contribution is 2.23. The van der Waals surface area contributed by atoms with Crippen LogP contribution in [-0.2, 0) is 27.8 Å². The molecule has 0 atom stereocenters. The number of sulfonamides is 1. The molecule has 0 bridgehead atoms. The van der Waals surface area contributed by atoms with Crippen molar-refractivity contribution in [2.45, 2.75) is 43.5 Å². The van der Waals surface area contributed by atoms with Crippen LogP contribution in [0.4, 0.5) is 0 Å². The first kappa shape index (κ1) is 23.5. The molecule has 0 aliphatic carbocycles. The average Bonchev–Trinajstić information content (AvgIpc) is 3.32. The number of carbonyl (C=O) groups excluding carboxylic acids is 1. The van der Waals surface area contributed by atoms with Gasteiger partial charge in [0.05, 0.1) is 11.1 Å². The van der Waals surface area contributed by atoms with E-state index in [0.717, 1.165) is 30.4 Å². The van der Waals surface area contributed by atoms with Gasteiger partial charge in [-0.2, -0.15) is 4.31 Å². The fourth-order valence-electron chi connectivity index (χ4n) is 3.75. The van der Waals surface area contributed by atoms with Crippen molar-refractivity contribution >= 4 is 27.5 Å². The molecule has 1 aromatic heterocycles. The summed E-state index contributed by atoms with van der Waals surface area (Å²) in [5.74, 6) is 0.934. The lowest BCUT2D eigenvalue weighted by Crippen LogP contribution is -2.35. The van der Waals surface area contributed by atoms with E-state index in [0.29, 0.717) is 36.2 Å². The van der Waals surface area contributed by atoms with E-state index in [-0.39, 0.29) is 23.8 Å². The number of halogens is 1. The quantitative estimate of drug-likeness (QED) is 0.507. The molecule has 174 valence electrons. The number of amides is 1. The maximum absolute atomic E-state index is 12.9. The summed E-state index contributed by atoms with van der Waals surface area (Å²) in [4.78, 5) is 16.8. The summed E-state index contributed by atoms with van der Waals surface area (Å²) in [6.07, 6.45) is 5.05. The molecular weight excluding hydrogens is 462 g/mol. The topological polar surface area (TPSA) is 92.5 Å². The zero-order chi connectivity index (χ0) is 23.3. The van der Waals surface area contributed by atoms with Crippen LogP contribution in [0.1, 0.15) is 37.1 Å². The summed E-state index contributed by atoms with van der Waals surface area (Å²) in [5.41, 5.74) is 1.60. The van der Waals surface area contributed by atoms with E-state index in [4.69, 9.17) is 16.0 Å². The van der Waals surface area contributed by atoms with E-state index < -0.39 is 10.0 Å². The Bertz CT molecular complexity index is 1200.